The minimum atomic E-state index is 0.0135. The lowest BCUT2D eigenvalue weighted by atomic mass is 10.0. The normalized spacial score (nSPS) is 12.7. The average Bonchev–Trinajstić information content (AvgIpc) is 3.07. The minimum absolute atomic E-state index is 0.0135. The molecule has 0 atom stereocenters. The van der Waals surface area contributed by atoms with Crippen molar-refractivity contribution in [3.8, 4) is 22.6 Å². The van der Waals surface area contributed by atoms with Crippen LogP contribution in [0.15, 0.2) is 65.6 Å². The Morgan fingerprint density at radius 2 is 1.74 bits per heavy atom. The summed E-state index contributed by atoms with van der Waals surface area (Å²) < 4.78 is 7.50. The van der Waals surface area contributed by atoms with Crippen LogP contribution in [0, 0.1) is 6.92 Å². The van der Waals surface area contributed by atoms with Crippen molar-refractivity contribution in [2.24, 2.45) is 0 Å². The van der Waals surface area contributed by atoms with Gasteiger partial charge in [-0.2, -0.15) is 0 Å². The van der Waals surface area contributed by atoms with E-state index in [1.165, 1.54) is 5.56 Å². The molecule has 3 nitrogen and oxygen atoms in total. The highest BCUT2D eigenvalue weighted by atomic mass is 16.5. The van der Waals surface area contributed by atoms with E-state index in [0.29, 0.717) is 13.0 Å². The van der Waals surface area contributed by atoms with Crippen molar-refractivity contribution >= 4 is 0 Å². The van der Waals surface area contributed by atoms with E-state index in [4.69, 9.17) is 4.74 Å². The molecule has 0 saturated heterocycles. The standard InChI is InChI=1S/C20H17NO2/c1-14-7-9-15(10-8-14)18-13-21(16-5-3-2-4-6-16)20(22)17-11-12-23-19(17)18/h2-10,13H,11-12H2,1H3. The summed E-state index contributed by atoms with van der Waals surface area (Å²) in [5.74, 6) is 0.742. The van der Waals surface area contributed by atoms with Crippen LogP contribution in [0.5, 0.6) is 5.75 Å². The molecule has 114 valence electrons. The monoisotopic (exact) mass is 303 g/mol. The summed E-state index contributed by atoms with van der Waals surface area (Å²) in [4.78, 5) is 12.8. The van der Waals surface area contributed by atoms with Crippen molar-refractivity contribution < 1.29 is 4.74 Å². The maximum atomic E-state index is 12.8. The first-order valence-corrected chi connectivity index (χ1v) is 7.78. The minimum Gasteiger partial charge on any atom is -0.492 e. The lowest BCUT2D eigenvalue weighted by Crippen LogP contribution is -2.21. The van der Waals surface area contributed by atoms with Gasteiger partial charge < -0.3 is 4.74 Å². The zero-order valence-corrected chi connectivity index (χ0v) is 13.0. The summed E-state index contributed by atoms with van der Waals surface area (Å²) >= 11 is 0. The fourth-order valence-electron chi connectivity index (χ4n) is 3.01. The van der Waals surface area contributed by atoms with E-state index >= 15 is 0 Å². The molecule has 0 radical (unpaired) electrons. The molecule has 0 N–H and O–H groups in total. The third-order valence-corrected chi connectivity index (χ3v) is 4.25. The second-order valence-electron chi connectivity index (χ2n) is 5.83. The highest BCUT2D eigenvalue weighted by molar-refractivity contribution is 5.72. The van der Waals surface area contributed by atoms with Crippen LogP contribution in [0.1, 0.15) is 11.1 Å². The molecule has 0 aliphatic carbocycles. The number of fused-ring (bicyclic) bond motifs is 1. The van der Waals surface area contributed by atoms with E-state index in [9.17, 15) is 4.79 Å². The smallest absolute Gasteiger partial charge is 0.262 e. The molecule has 1 aliphatic rings. The second kappa shape index (κ2) is 5.43. The largest absolute Gasteiger partial charge is 0.492 e. The van der Waals surface area contributed by atoms with Gasteiger partial charge in [0.2, 0.25) is 0 Å². The van der Waals surface area contributed by atoms with Crippen LogP contribution < -0.4 is 10.3 Å². The Labute approximate surface area is 134 Å². The van der Waals surface area contributed by atoms with Crippen molar-refractivity contribution in [1.82, 2.24) is 4.57 Å². The van der Waals surface area contributed by atoms with E-state index in [2.05, 4.69) is 31.2 Å². The molecule has 0 amide bonds. The summed E-state index contributed by atoms with van der Waals surface area (Å²) in [6.45, 7) is 2.64. The lowest BCUT2D eigenvalue weighted by molar-refractivity contribution is 0.358. The van der Waals surface area contributed by atoms with Crippen molar-refractivity contribution in [2.45, 2.75) is 13.3 Å². The van der Waals surface area contributed by atoms with Crippen LogP contribution in [0.25, 0.3) is 16.8 Å². The van der Waals surface area contributed by atoms with Gasteiger partial charge in [0, 0.05) is 23.9 Å². The Kier molecular flexibility index (Phi) is 3.27. The summed E-state index contributed by atoms with van der Waals surface area (Å²) in [5, 5.41) is 0. The molecular formula is C20H17NO2. The summed E-state index contributed by atoms with van der Waals surface area (Å²) in [6.07, 6.45) is 2.56. The Morgan fingerprint density at radius 1 is 1.00 bits per heavy atom. The van der Waals surface area contributed by atoms with Crippen molar-refractivity contribution in [3.63, 3.8) is 0 Å². The number of para-hydroxylation sites is 1. The quantitative estimate of drug-likeness (QED) is 0.722. The molecule has 0 unspecified atom stereocenters. The van der Waals surface area contributed by atoms with Gasteiger partial charge in [0.1, 0.15) is 5.75 Å². The molecule has 0 saturated carbocycles. The molecule has 0 bridgehead atoms. The van der Waals surface area contributed by atoms with Gasteiger partial charge >= 0.3 is 0 Å². The maximum Gasteiger partial charge on any atom is 0.262 e. The molecule has 3 heteroatoms. The lowest BCUT2D eigenvalue weighted by Gasteiger charge is -2.13. The van der Waals surface area contributed by atoms with E-state index in [1.54, 1.807) is 4.57 Å². The predicted molar refractivity (Wildman–Crippen MR) is 91.4 cm³/mol. The number of aromatic nitrogens is 1. The fraction of sp³-hybridized carbons (Fsp3) is 0.150. The number of hydrogen-bond acceptors (Lipinski definition) is 2. The number of hydrogen-bond donors (Lipinski definition) is 0. The highest BCUT2D eigenvalue weighted by Crippen LogP contribution is 2.35. The van der Waals surface area contributed by atoms with Gasteiger partial charge in [0.15, 0.2) is 0 Å². The Bertz CT molecular complexity index is 909. The highest BCUT2D eigenvalue weighted by Gasteiger charge is 2.23. The predicted octanol–water partition coefficient (Wildman–Crippen LogP) is 3.75. The SMILES string of the molecule is Cc1ccc(-c2cn(-c3ccccc3)c(=O)c3c2OCC3)cc1. The van der Waals surface area contributed by atoms with Gasteiger partial charge in [-0.3, -0.25) is 9.36 Å². The van der Waals surface area contributed by atoms with E-state index in [0.717, 1.165) is 28.1 Å². The summed E-state index contributed by atoms with van der Waals surface area (Å²) in [6, 6.07) is 18.0. The molecule has 4 rings (SSSR count). The first-order chi connectivity index (χ1) is 11.2. The Balaban J connectivity index is 1.98. The number of ether oxygens (including phenoxy) is 1. The first kappa shape index (κ1) is 13.8. The number of benzene rings is 2. The van der Waals surface area contributed by atoms with Gasteiger partial charge in [-0.15, -0.1) is 0 Å². The van der Waals surface area contributed by atoms with Crippen LogP contribution >= 0.6 is 0 Å². The Hall–Kier alpha value is -2.81. The molecular weight excluding hydrogens is 286 g/mol. The third kappa shape index (κ3) is 2.34. The first-order valence-electron chi connectivity index (χ1n) is 7.78. The van der Waals surface area contributed by atoms with Crippen LogP contribution in [0.3, 0.4) is 0 Å². The van der Waals surface area contributed by atoms with Gasteiger partial charge in [-0.1, -0.05) is 48.0 Å². The van der Waals surface area contributed by atoms with E-state index < -0.39 is 0 Å². The molecule has 2 aromatic carbocycles. The third-order valence-electron chi connectivity index (χ3n) is 4.25. The molecule has 2 heterocycles. The van der Waals surface area contributed by atoms with Crippen molar-refractivity contribution in [3.05, 3.63) is 82.3 Å². The molecule has 1 aliphatic heterocycles. The number of rotatable bonds is 2. The van der Waals surface area contributed by atoms with Gasteiger partial charge in [-0.05, 0) is 24.6 Å². The van der Waals surface area contributed by atoms with Crippen LogP contribution in [0.2, 0.25) is 0 Å². The second-order valence-corrected chi connectivity index (χ2v) is 5.83. The average molecular weight is 303 g/mol. The zero-order chi connectivity index (χ0) is 15.8. The van der Waals surface area contributed by atoms with E-state index in [-0.39, 0.29) is 5.56 Å². The topological polar surface area (TPSA) is 31.2 Å². The molecule has 3 aromatic rings. The number of pyridine rings is 1. The number of aryl methyl sites for hydroxylation is 1. The van der Waals surface area contributed by atoms with Crippen molar-refractivity contribution in [2.75, 3.05) is 6.61 Å². The van der Waals surface area contributed by atoms with Crippen molar-refractivity contribution in [1.29, 1.82) is 0 Å². The Morgan fingerprint density at radius 3 is 2.48 bits per heavy atom. The van der Waals surface area contributed by atoms with Crippen LogP contribution in [-0.2, 0) is 6.42 Å². The van der Waals surface area contributed by atoms with Gasteiger partial charge in [0.05, 0.1) is 12.2 Å². The summed E-state index contributed by atoms with van der Waals surface area (Å²) in [5.41, 5.74) is 4.91. The zero-order valence-electron chi connectivity index (χ0n) is 13.0. The molecule has 1 aromatic heterocycles. The van der Waals surface area contributed by atoms with Crippen LogP contribution in [-0.4, -0.2) is 11.2 Å². The van der Waals surface area contributed by atoms with Gasteiger partial charge in [0.25, 0.3) is 5.56 Å². The molecule has 0 fully saturated rings. The molecule has 23 heavy (non-hydrogen) atoms. The van der Waals surface area contributed by atoms with Crippen LogP contribution in [0.4, 0.5) is 0 Å². The number of nitrogens with zero attached hydrogens (tertiary/aromatic N) is 1. The molecule has 0 spiro atoms. The summed E-state index contributed by atoms with van der Waals surface area (Å²) in [7, 11) is 0. The van der Waals surface area contributed by atoms with E-state index in [1.807, 2.05) is 36.5 Å². The van der Waals surface area contributed by atoms with Gasteiger partial charge in [-0.25, -0.2) is 0 Å². The fourth-order valence-corrected chi connectivity index (χ4v) is 3.01. The maximum absolute atomic E-state index is 12.8.